The predicted molar refractivity (Wildman–Crippen MR) is 67.1 cm³/mol. The molecule has 0 heterocycles. The van der Waals surface area contributed by atoms with Gasteiger partial charge in [-0.1, -0.05) is 0 Å². The Balaban J connectivity index is 2.32. The van der Waals surface area contributed by atoms with Crippen molar-refractivity contribution in [3.05, 3.63) is 0 Å². The summed E-state index contributed by atoms with van der Waals surface area (Å²) in [7, 11) is 1.69. The third-order valence-corrected chi connectivity index (χ3v) is 2.73. The molecule has 18 heavy (non-hydrogen) atoms. The topological polar surface area (TPSA) is 55.8 Å². The molecule has 0 radical (unpaired) electrons. The largest absolute Gasteiger partial charge is 0.466 e. The minimum atomic E-state index is -0.491. The van der Waals surface area contributed by atoms with Crippen LogP contribution in [0.15, 0.2) is 0 Å². The fraction of sp³-hybridized carbons (Fsp3) is 0.846. The minimum absolute atomic E-state index is 0.0464. The van der Waals surface area contributed by atoms with Gasteiger partial charge >= 0.3 is 12.1 Å². The van der Waals surface area contributed by atoms with Gasteiger partial charge in [0, 0.05) is 13.6 Å². The van der Waals surface area contributed by atoms with E-state index in [1.54, 1.807) is 14.0 Å². The summed E-state index contributed by atoms with van der Waals surface area (Å²) < 4.78 is 10.2. The van der Waals surface area contributed by atoms with E-state index in [9.17, 15) is 9.59 Å². The van der Waals surface area contributed by atoms with Crippen molar-refractivity contribution in [2.75, 3.05) is 20.2 Å². The van der Waals surface area contributed by atoms with E-state index in [0.717, 1.165) is 6.42 Å². The molecule has 0 aromatic carbocycles. The van der Waals surface area contributed by atoms with Crippen LogP contribution in [0.3, 0.4) is 0 Å². The Morgan fingerprint density at radius 3 is 2.44 bits per heavy atom. The zero-order valence-electron chi connectivity index (χ0n) is 11.9. The van der Waals surface area contributed by atoms with Crippen molar-refractivity contribution in [1.82, 2.24) is 4.90 Å². The van der Waals surface area contributed by atoms with Crippen LogP contribution in [0.5, 0.6) is 0 Å². The van der Waals surface area contributed by atoms with Crippen LogP contribution in [-0.4, -0.2) is 42.8 Å². The van der Waals surface area contributed by atoms with Crippen molar-refractivity contribution in [2.45, 2.75) is 39.7 Å². The molecule has 1 aliphatic carbocycles. The molecule has 0 aromatic heterocycles. The fourth-order valence-electron chi connectivity index (χ4n) is 1.75. The van der Waals surface area contributed by atoms with E-state index in [0.29, 0.717) is 13.2 Å². The lowest BCUT2D eigenvalue weighted by atomic mass is 10.2. The highest BCUT2D eigenvalue weighted by atomic mass is 16.6. The second-order valence-electron chi connectivity index (χ2n) is 5.72. The van der Waals surface area contributed by atoms with Crippen molar-refractivity contribution in [1.29, 1.82) is 0 Å². The van der Waals surface area contributed by atoms with E-state index in [4.69, 9.17) is 9.47 Å². The molecule has 5 nitrogen and oxygen atoms in total. The normalized spacial score (nSPS) is 22.3. The van der Waals surface area contributed by atoms with Crippen LogP contribution in [0, 0.1) is 11.8 Å². The van der Waals surface area contributed by atoms with Crippen molar-refractivity contribution in [2.24, 2.45) is 11.8 Å². The highest BCUT2D eigenvalue weighted by Gasteiger charge is 2.45. The molecule has 104 valence electrons. The molecule has 1 aliphatic rings. The van der Waals surface area contributed by atoms with Gasteiger partial charge in [0.15, 0.2) is 0 Å². The first kappa shape index (κ1) is 14.8. The number of nitrogens with zero attached hydrogens (tertiary/aromatic N) is 1. The van der Waals surface area contributed by atoms with Gasteiger partial charge in [-0.15, -0.1) is 0 Å². The molecule has 1 amide bonds. The van der Waals surface area contributed by atoms with Crippen LogP contribution in [0.2, 0.25) is 0 Å². The van der Waals surface area contributed by atoms with Gasteiger partial charge in [0.25, 0.3) is 0 Å². The number of amides is 1. The SMILES string of the molecule is CCOC(=O)[C@@H]1C[C@H]1CN(C)C(=O)OC(C)(C)C. The van der Waals surface area contributed by atoms with Gasteiger partial charge in [0.2, 0.25) is 0 Å². The van der Waals surface area contributed by atoms with Crippen LogP contribution in [0.1, 0.15) is 34.1 Å². The molecule has 1 saturated carbocycles. The quantitative estimate of drug-likeness (QED) is 0.723. The van der Waals surface area contributed by atoms with Gasteiger partial charge in [-0.05, 0) is 40.0 Å². The van der Waals surface area contributed by atoms with E-state index >= 15 is 0 Å². The molecule has 0 aromatic rings. The molecule has 0 spiro atoms. The Hall–Kier alpha value is -1.26. The van der Waals surface area contributed by atoms with E-state index < -0.39 is 5.60 Å². The van der Waals surface area contributed by atoms with E-state index in [-0.39, 0.29) is 23.9 Å². The first-order chi connectivity index (χ1) is 8.24. The summed E-state index contributed by atoms with van der Waals surface area (Å²) in [5.41, 5.74) is -0.491. The number of esters is 1. The average Bonchev–Trinajstić information content (AvgIpc) is 2.94. The molecule has 1 rings (SSSR count). The maximum Gasteiger partial charge on any atom is 0.410 e. The maximum atomic E-state index is 11.7. The second kappa shape index (κ2) is 5.59. The lowest BCUT2D eigenvalue weighted by Crippen LogP contribution is -2.35. The van der Waals surface area contributed by atoms with Crippen LogP contribution >= 0.6 is 0 Å². The van der Waals surface area contributed by atoms with E-state index in [1.165, 1.54) is 4.90 Å². The van der Waals surface area contributed by atoms with Gasteiger partial charge in [-0.25, -0.2) is 4.79 Å². The minimum Gasteiger partial charge on any atom is -0.466 e. The summed E-state index contributed by atoms with van der Waals surface area (Å²) in [6.07, 6.45) is 0.448. The molecule has 2 atom stereocenters. The van der Waals surface area contributed by atoms with E-state index in [1.807, 2.05) is 20.8 Å². The number of rotatable bonds is 4. The van der Waals surface area contributed by atoms with Gasteiger partial charge < -0.3 is 14.4 Å². The van der Waals surface area contributed by atoms with Crippen LogP contribution in [-0.2, 0) is 14.3 Å². The first-order valence-electron chi connectivity index (χ1n) is 6.35. The van der Waals surface area contributed by atoms with Crippen molar-refractivity contribution >= 4 is 12.1 Å². The van der Waals surface area contributed by atoms with Crippen molar-refractivity contribution in [3.8, 4) is 0 Å². The molecule has 0 aliphatic heterocycles. The zero-order valence-corrected chi connectivity index (χ0v) is 11.9. The summed E-state index contributed by atoms with van der Waals surface area (Å²) in [5.74, 6) is 0.0106. The van der Waals surface area contributed by atoms with Crippen LogP contribution < -0.4 is 0 Å². The van der Waals surface area contributed by atoms with Gasteiger partial charge in [-0.3, -0.25) is 4.79 Å². The van der Waals surface area contributed by atoms with E-state index in [2.05, 4.69) is 0 Å². The summed E-state index contributed by atoms with van der Waals surface area (Å²) in [5, 5.41) is 0. The number of carbonyl (C=O) groups excluding carboxylic acids is 2. The number of ether oxygens (including phenoxy) is 2. The Bertz CT molecular complexity index is 321. The Morgan fingerprint density at radius 1 is 1.33 bits per heavy atom. The smallest absolute Gasteiger partial charge is 0.410 e. The molecule has 5 heteroatoms. The first-order valence-corrected chi connectivity index (χ1v) is 6.35. The summed E-state index contributed by atoms with van der Waals surface area (Å²) in [6, 6.07) is 0. The third kappa shape index (κ3) is 4.55. The van der Waals surface area contributed by atoms with Crippen molar-refractivity contribution in [3.63, 3.8) is 0 Å². The maximum absolute atomic E-state index is 11.7. The van der Waals surface area contributed by atoms with Gasteiger partial charge in [0.05, 0.1) is 12.5 Å². The molecule has 0 saturated heterocycles. The summed E-state index contributed by atoms with van der Waals surface area (Å²) in [4.78, 5) is 24.7. The molecular weight excluding hydrogens is 234 g/mol. The Kier molecular flexibility index (Phi) is 4.59. The molecule has 0 bridgehead atoms. The highest BCUT2D eigenvalue weighted by molar-refractivity contribution is 5.76. The monoisotopic (exact) mass is 257 g/mol. The van der Waals surface area contributed by atoms with Crippen LogP contribution in [0.4, 0.5) is 4.79 Å². The lowest BCUT2D eigenvalue weighted by molar-refractivity contribution is -0.145. The Labute approximate surface area is 108 Å². The average molecular weight is 257 g/mol. The highest BCUT2D eigenvalue weighted by Crippen LogP contribution is 2.40. The molecule has 0 unspecified atom stereocenters. The summed E-state index contributed by atoms with van der Waals surface area (Å²) in [6.45, 7) is 8.23. The third-order valence-electron chi connectivity index (χ3n) is 2.73. The number of hydrogen-bond donors (Lipinski definition) is 0. The second-order valence-corrected chi connectivity index (χ2v) is 5.72. The number of carbonyl (C=O) groups is 2. The van der Waals surface area contributed by atoms with Crippen molar-refractivity contribution < 1.29 is 19.1 Å². The van der Waals surface area contributed by atoms with Gasteiger partial charge in [0.1, 0.15) is 5.60 Å². The zero-order chi connectivity index (χ0) is 13.9. The number of hydrogen-bond acceptors (Lipinski definition) is 4. The molecular formula is C13H23NO4. The fourth-order valence-corrected chi connectivity index (χ4v) is 1.75. The molecule has 1 fully saturated rings. The van der Waals surface area contributed by atoms with Crippen LogP contribution in [0.25, 0.3) is 0 Å². The predicted octanol–water partition coefficient (Wildman–Crippen LogP) is 2.05. The van der Waals surface area contributed by atoms with Gasteiger partial charge in [-0.2, -0.15) is 0 Å². The standard InChI is InChI=1S/C13H23NO4/c1-6-17-11(15)10-7-9(10)8-14(5)12(16)18-13(2,3)4/h9-10H,6-8H2,1-5H3/t9-,10+/m0/s1. The summed E-state index contributed by atoms with van der Waals surface area (Å²) >= 11 is 0. The Morgan fingerprint density at radius 2 is 1.94 bits per heavy atom. The lowest BCUT2D eigenvalue weighted by Gasteiger charge is -2.24. The molecule has 0 N–H and O–H groups in total.